The second-order valence-corrected chi connectivity index (χ2v) is 6.88. The van der Waals surface area contributed by atoms with Gasteiger partial charge in [0.05, 0.1) is 24.9 Å². The van der Waals surface area contributed by atoms with Gasteiger partial charge in [-0.25, -0.2) is 9.18 Å². The van der Waals surface area contributed by atoms with Gasteiger partial charge in [0.1, 0.15) is 5.82 Å². The van der Waals surface area contributed by atoms with Crippen LogP contribution in [0.15, 0.2) is 29.3 Å². The Hall–Kier alpha value is -1.64. The number of nitrogens with zero attached hydrogens (tertiary/aromatic N) is 1. The van der Waals surface area contributed by atoms with E-state index in [0.29, 0.717) is 36.1 Å². The summed E-state index contributed by atoms with van der Waals surface area (Å²) in [5.74, 6) is 0.227. The van der Waals surface area contributed by atoms with Crippen molar-refractivity contribution < 1.29 is 23.8 Å². The molecule has 6 nitrogen and oxygen atoms in total. The normalized spacial score (nSPS) is 29.5. The number of fused-ring (bicyclic) bond motifs is 1. The third-order valence-electron chi connectivity index (χ3n) is 4.38. The van der Waals surface area contributed by atoms with Crippen molar-refractivity contribution >= 4 is 23.0 Å². The van der Waals surface area contributed by atoms with Gasteiger partial charge in [-0.15, -0.1) is 0 Å². The van der Waals surface area contributed by atoms with E-state index in [-0.39, 0.29) is 17.8 Å². The highest BCUT2D eigenvalue weighted by Crippen LogP contribution is 2.47. The molecule has 2 heterocycles. The van der Waals surface area contributed by atoms with Crippen molar-refractivity contribution in [1.29, 1.82) is 0 Å². The van der Waals surface area contributed by atoms with Crippen LogP contribution in [0.1, 0.15) is 12.0 Å². The van der Waals surface area contributed by atoms with Gasteiger partial charge in [-0.2, -0.15) is 0 Å². The highest BCUT2D eigenvalue weighted by atomic mass is 32.2. The minimum Gasteiger partial charge on any atom is -0.465 e. The van der Waals surface area contributed by atoms with E-state index in [1.807, 2.05) is 0 Å². The Kier molecular flexibility index (Phi) is 5.07. The molecule has 0 unspecified atom stereocenters. The molecular formula is C16H19FN2O4S. The Morgan fingerprint density at radius 1 is 1.58 bits per heavy atom. The van der Waals surface area contributed by atoms with Crippen LogP contribution in [-0.4, -0.2) is 48.5 Å². The van der Waals surface area contributed by atoms with E-state index in [4.69, 9.17) is 14.6 Å². The van der Waals surface area contributed by atoms with Crippen LogP contribution in [0.4, 0.5) is 9.18 Å². The quantitative estimate of drug-likeness (QED) is 0.871. The first kappa shape index (κ1) is 17.2. The largest absolute Gasteiger partial charge is 0.465 e. The third-order valence-corrected chi connectivity index (χ3v) is 5.41. The number of aliphatic imine (C=N–C) groups is 1. The number of thioether (sulfide) groups is 1. The van der Waals surface area contributed by atoms with Crippen molar-refractivity contribution in [2.75, 3.05) is 26.1 Å². The van der Waals surface area contributed by atoms with E-state index in [2.05, 4.69) is 10.3 Å². The Bertz CT molecular complexity index is 657. The molecule has 0 aliphatic carbocycles. The van der Waals surface area contributed by atoms with Gasteiger partial charge >= 0.3 is 6.09 Å². The molecule has 1 fully saturated rings. The lowest BCUT2D eigenvalue weighted by molar-refractivity contribution is -0.0812. The van der Waals surface area contributed by atoms with E-state index in [9.17, 15) is 9.18 Å². The summed E-state index contributed by atoms with van der Waals surface area (Å²) in [6.45, 7) is 0.812. The SMILES string of the molecule is COC[C@H]1C[C@]2(c3ccccc3F)N=C(NC(=O)O)SC[C@@H]2CO1. The topological polar surface area (TPSA) is 80.2 Å². The molecule has 0 bridgehead atoms. The van der Waals surface area contributed by atoms with Crippen LogP contribution in [0.3, 0.4) is 0 Å². The summed E-state index contributed by atoms with van der Waals surface area (Å²) in [7, 11) is 1.59. The van der Waals surface area contributed by atoms with Crippen molar-refractivity contribution in [3.63, 3.8) is 0 Å². The zero-order valence-electron chi connectivity index (χ0n) is 13.2. The molecule has 3 atom stereocenters. The van der Waals surface area contributed by atoms with Crippen LogP contribution < -0.4 is 5.32 Å². The molecule has 2 aliphatic rings. The predicted octanol–water partition coefficient (Wildman–Crippen LogP) is 2.44. The number of hydrogen-bond donors (Lipinski definition) is 2. The van der Waals surface area contributed by atoms with Crippen molar-refractivity contribution in [2.45, 2.75) is 18.1 Å². The molecule has 0 spiro atoms. The Balaban J connectivity index is 2.06. The van der Waals surface area contributed by atoms with E-state index in [1.54, 1.807) is 25.3 Å². The molecular weight excluding hydrogens is 335 g/mol. The third kappa shape index (κ3) is 3.26. The zero-order valence-corrected chi connectivity index (χ0v) is 14.0. The van der Waals surface area contributed by atoms with Crippen LogP contribution in [-0.2, 0) is 15.0 Å². The van der Waals surface area contributed by atoms with Gasteiger partial charge in [-0.1, -0.05) is 30.0 Å². The Labute approximate surface area is 143 Å². The van der Waals surface area contributed by atoms with E-state index >= 15 is 0 Å². The number of nitrogens with one attached hydrogen (secondary N) is 1. The van der Waals surface area contributed by atoms with Crippen LogP contribution in [0.5, 0.6) is 0 Å². The molecule has 24 heavy (non-hydrogen) atoms. The summed E-state index contributed by atoms with van der Waals surface area (Å²) >= 11 is 1.32. The van der Waals surface area contributed by atoms with Gasteiger partial charge in [-0.3, -0.25) is 10.3 Å². The van der Waals surface area contributed by atoms with Crippen molar-refractivity contribution in [3.8, 4) is 0 Å². The monoisotopic (exact) mass is 354 g/mol. The Morgan fingerprint density at radius 3 is 3.08 bits per heavy atom. The van der Waals surface area contributed by atoms with Crippen LogP contribution in [0.2, 0.25) is 0 Å². The standard InChI is InChI=1S/C16H19FN2O4S/c1-22-8-11-6-16(12-4-2-3-5-13(12)17)10(7-23-11)9-24-14(19-16)18-15(20)21/h2-5,10-11H,6-9H2,1H3,(H,18,19)(H,20,21)/t10-,11+,16-/m0/s1. The van der Waals surface area contributed by atoms with E-state index in [0.717, 1.165) is 0 Å². The fourth-order valence-corrected chi connectivity index (χ4v) is 4.45. The first-order valence-electron chi connectivity index (χ1n) is 7.63. The molecule has 1 aromatic rings. The van der Waals surface area contributed by atoms with Crippen molar-refractivity contribution in [3.05, 3.63) is 35.6 Å². The minimum atomic E-state index is -1.18. The molecule has 2 N–H and O–H groups in total. The van der Waals surface area contributed by atoms with Gasteiger partial charge < -0.3 is 14.6 Å². The fraction of sp³-hybridized carbons (Fsp3) is 0.500. The van der Waals surface area contributed by atoms with Crippen LogP contribution in [0, 0.1) is 11.7 Å². The highest BCUT2D eigenvalue weighted by Gasteiger charge is 2.49. The number of rotatable bonds is 3. The van der Waals surface area contributed by atoms with Crippen LogP contribution >= 0.6 is 11.8 Å². The molecule has 1 saturated heterocycles. The molecule has 1 amide bonds. The summed E-state index contributed by atoms with van der Waals surface area (Å²) in [4.78, 5) is 15.6. The fourth-order valence-electron chi connectivity index (χ4n) is 3.33. The molecule has 0 saturated carbocycles. The number of carboxylic acid groups (broad SMARTS) is 1. The Morgan fingerprint density at radius 2 is 2.38 bits per heavy atom. The molecule has 0 aromatic heterocycles. The summed E-state index contributed by atoms with van der Waals surface area (Å²) in [5.41, 5.74) is -0.375. The summed E-state index contributed by atoms with van der Waals surface area (Å²) in [6, 6.07) is 6.53. The van der Waals surface area contributed by atoms with E-state index < -0.39 is 11.6 Å². The maximum absolute atomic E-state index is 14.6. The number of amides is 1. The summed E-state index contributed by atoms with van der Waals surface area (Å²) < 4.78 is 25.6. The lowest BCUT2D eigenvalue weighted by Crippen LogP contribution is -2.51. The predicted molar refractivity (Wildman–Crippen MR) is 88.9 cm³/mol. The smallest absolute Gasteiger partial charge is 0.410 e. The number of amidine groups is 1. The highest BCUT2D eigenvalue weighted by molar-refractivity contribution is 8.13. The maximum atomic E-state index is 14.6. The van der Waals surface area contributed by atoms with E-state index in [1.165, 1.54) is 17.8 Å². The van der Waals surface area contributed by atoms with Gasteiger partial charge in [0, 0.05) is 30.8 Å². The number of halogens is 1. The number of ether oxygens (including phenoxy) is 2. The number of hydrogen-bond acceptors (Lipinski definition) is 5. The van der Waals surface area contributed by atoms with Crippen molar-refractivity contribution in [1.82, 2.24) is 5.32 Å². The number of methoxy groups -OCH3 is 1. The average Bonchev–Trinajstić information content (AvgIpc) is 2.54. The molecule has 0 radical (unpaired) electrons. The summed E-state index contributed by atoms with van der Waals surface area (Å²) in [6.07, 6.45) is -0.953. The lowest BCUT2D eigenvalue weighted by Gasteiger charge is -2.46. The summed E-state index contributed by atoms with van der Waals surface area (Å²) in [5, 5.41) is 11.6. The number of carbonyl (C=O) groups is 1. The molecule has 2 aliphatic heterocycles. The second kappa shape index (κ2) is 7.08. The van der Waals surface area contributed by atoms with Gasteiger partial charge in [-0.05, 0) is 6.07 Å². The molecule has 3 rings (SSSR count). The van der Waals surface area contributed by atoms with Crippen molar-refractivity contribution in [2.24, 2.45) is 10.9 Å². The lowest BCUT2D eigenvalue weighted by atomic mass is 9.73. The first-order valence-corrected chi connectivity index (χ1v) is 8.62. The minimum absolute atomic E-state index is 0.0353. The van der Waals surface area contributed by atoms with Gasteiger partial charge in [0.2, 0.25) is 0 Å². The van der Waals surface area contributed by atoms with Gasteiger partial charge in [0.15, 0.2) is 5.17 Å². The number of benzene rings is 1. The van der Waals surface area contributed by atoms with Crippen LogP contribution in [0.25, 0.3) is 0 Å². The average molecular weight is 354 g/mol. The van der Waals surface area contributed by atoms with Gasteiger partial charge in [0.25, 0.3) is 0 Å². The first-order chi connectivity index (χ1) is 11.5. The molecule has 130 valence electrons. The zero-order chi connectivity index (χ0) is 17.2. The maximum Gasteiger partial charge on any atom is 0.410 e. The second-order valence-electron chi connectivity index (χ2n) is 5.87. The molecule has 1 aromatic carbocycles. The molecule has 8 heteroatoms.